The van der Waals surface area contributed by atoms with Gasteiger partial charge in [-0.2, -0.15) is 8.75 Å². The van der Waals surface area contributed by atoms with Gasteiger partial charge in [-0.25, -0.2) is 4.79 Å². The number of imide groups is 1. The van der Waals surface area contributed by atoms with Crippen molar-refractivity contribution in [1.29, 1.82) is 0 Å². The Morgan fingerprint density at radius 3 is 2.48 bits per heavy atom. The standard InChI is InChI=1S/C18H19N5O3S/c24-16-10-22(18(26)23(16)13-2-3-13)12-5-7-21(8-6-12)17(25)11-1-4-14-15(9-11)20-27-19-14/h1,4,9,12-13H,2-3,5-8,10H2. The van der Waals surface area contributed by atoms with Crippen molar-refractivity contribution in [2.45, 2.75) is 37.8 Å². The molecule has 8 nitrogen and oxygen atoms in total. The van der Waals surface area contributed by atoms with Crippen LogP contribution in [-0.2, 0) is 4.79 Å². The molecule has 2 saturated heterocycles. The topological polar surface area (TPSA) is 86.7 Å². The van der Waals surface area contributed by atoms with Crippen molar-refractivity contribution in [3.63, 3.8) is 0 Å². The number of benzene rings is 1. The van der Waals surface area contributed by atoms with Gasteiger partial charge in [0.15, 0.2) is 0 Å². The average molecular weight is 385 g/mol. The van der Waals surface area contributed by atoms with Crippen LogP contribution in [0.5, 0.6) is 0 Å². The fraction of sp³-hybridized carbons (Fsp3) is 0.500. The third kappa shape index (κ3) is 2.86. The van der Waals surface area contributed by atoms with E-state index < -0.39 is 0 Å². The zero-order valence-corrected chi connectivity index (χ0v) is 15.5. The second-order valence-electron chi connectivity index (χ2n) is 7.40. The van der Waals surface area contributed by atoms with E-state index in [0.29, 0.717) is 31.5 Å². The number of amides is 4. The molecule has 3 aliphatic rings. The lowest BCUT2D eigenvalue weighted by Gasteiger charge is -2.36. The normalized spacial score (nSPS) is 21.6. The summed E-state index contributed by atoms with van der Waals surface area (Å²) in [6.45, 7) is 1.35. The molecule has 140 valence electrons. The molecule has 4 amide bonds. The number of urea groups is 1. The van der Waals surface area contributed by atoms with Crippen LogP contribution in [0.4, 0.5) is 4.79 Å². The zero-order valence-electron chi connectivity index (χ0n) is 14.7. The van der Waals surface area contributed by atoms with Gasteiger partial charge in [0.1, 0.15) is 17.6 Å². The fourth-order valence-electron chi connectivity index (χ4n) is 3.99. The third-order valence-electron chi connectivity index (χ3n) is 5.63. The number of nitrogens with zero attached hydrogens (tertiary/aromatic N) is 5. The van der Waals surface area contributed by atoms with Crippen LogP contribution in [-0.4, -0.2) is 73.0 Å². The van der Waals surface area contributed by atoms with Gasteiger partial charge in [-0.3, -0.25) is 14.5 Å². The van der Waals surface area contributed by atoms with Crippen LogP contribution >= 0.6 is 11.7 Å². The number of fused-ring (bicyclic) bond motifs is 1. The summed E-state index contributed by atoms with van der Waals surface area (Å²) in [5, 5.41) is 0. The molecule has 3 heterocycles. The maximum atomic E-state index is 12.8. The Kier molecular flexibility index (Phi) is 3.85. The molecule has 1 aromatic heterocycles. The highest BCUT2D eigenvalue weighted by molar-refractivity contribution is 7.00. The van der Waals surface area contributed by atoms with Crippen LogP contribution in [0.1, 0.15) is 36.0 Å². The third-order valence-corrected chi connectivity index (χ3v) is 6.19. The van der Waals surface area contributed by atoms with Gasteiger partial charge >= 0.3 is 6.03 Å². The number of carbonyl (C=O) groups excluding carboxylic acids is 3. The summed E-state index contributed by atoms with van der Waals surface area (Å²) in [5.41, 5.74) is 2.15. The van der Waals surface area contributed by atoms with Crippen molar-refractivity contribution < 1.29 is 14.4 Å². The van der Waals surface area contributed by atoms with E-state index >= 15 is 0 Å². The number of hydrogen-bond acceptors (Lipinski definition) is 6. The van der Waals surface area contributed by atoms with Gasteiger partial charge in [-0.15, -0.1) is 0 Å². The molecule has 1 aromatic carbocycles. The number of rotatable bonds is 3. The van der Waals surface area contributed by atoms with Crippen LogP contribution < -0.4 is 0 Å². The molecule has 0 spiro atoms. The van der Waals surface area contributed by atoms with Crippen LogP contribution in [0.25, 0.3) is 11.0 Å². The lowest BCUT2D eigenvalue weighted by atomic mass is 10.0. The number of hydrogen-bond donors (Lipinski definition) is 0. The summed E-state index contributed by atoms with van der Waals surface area (Å²) in [7, 11) is 0. The average Bonchev–Trinajstić information content (AvgIpc) is 3.32. The molecule has 0 unspecified atom stereocenters. The molecule has 1 aliphatic carbocycles. The summed E-state index contributed by atoms with van der Waals surface area (Å²) >= 11 is 1.14. The molecule has 0 N–H and O–H groups in total. The van der Waals surface area contributed by atoms with E-state index in [-0.39, 0.29) is 36.5 Å². The van der Waals surface area contributed by atoms with Crippen molar-refractivity contribution in [2.75, 3.05) is 19.6 Å². The van der Waals surface area contributed by atoms with Gasteiger partial charge in [-0.05, 0) is 43.9 Å². The summed E-state index contributed by atoms with van der Waals surface area (Å²) in [6.07, 6.45) is 3.25. The minimum atomic E-state index is -0.145. The van der Waals surface area contributed by atoms with Gasteiger partial charge in [0.05, 0.1) is 11.7 Å². The number of aromatic nitrogens is 2. The summed E-state index contributed by atoms with van der Waals surface area (Å²) in [6, 6.07) is 5.39. The fourth-order valence-corrected chi connectivity index (χ4v) is 4.51. The predicted molar refractivity (Wildman–Crippen MR) is 98.3 cm³/mol. The molecule has 5 rings (SSSR count). The molecule has 0 bridgehead atoms. The lowest BCUT2D eigenvalue weighted by Crippen LogP contribution is -2.48. The van der Waals surface area contributed by atoms with Gasteiger partial charge in [-0.1, -0.05) is 0 Å². The van der Waals surface area contributed by atoms with Crippen molar-refractivity contribution >= 4 is 40.6 Å². The summed E-state index contributed by atoms with van der Waals surface area (Å²) in [4.78, 5) is 42.5. The second-order valence-corrected chi connectivity index (χ2v) is 7.92. The lowest BCUT2D eigenvalue weighted by molar-refractivity contribution is -0.125. The van der Waals surface area contributed by atoms with E-state index in [9.17, 15) is 14.4 Å². The monoisotopic (exact) mass is 385 g/mol. The highest BCUT2D eigenvalue weighted by atomic mass is 32.1. The smallest absolute Gasteiger partial charge is 0.327 e. The van der Waals surface area contributed by atoms with E-state index in [1.165, 1.54) is 4.90 Å². The number of likely N-dealkylation sites (tertiary alicyclic amines) is 1. The Bertz CT molecular complexity index is 932. The number of piperidine rings is 1. The quantitative estimate of drug-likeness (QED) is 0.751. The second kappa shape index (κ2) is 6.26. The first-order valence-corrected chi connectivity index (χ1v) is 9.99. The van der Waals surface area contributed by atoms with Crippen LogP contribution in [0.2, 0.25) is 0 Å². The Hall–Kier alpha value is -2.55. The van der Waals surface area contributed by atoms with E-state index in [4.69, 9.17) is 0 Å². The Morgan fingerprint density at radius 1 is 1.00 bits per heavy atom. The molecule has 2 aliphatic heterocycles. The Labute approximate surface area is 160 Å². The van der Waals surface area contributed by atoms with Gasteiger partial charge in [0, 0.05) is 30.7 Å². The van der Waals surface area contributed by atoms with Gasteiger partial charge < -0.3 is 9.80 Å². The molecule has 9 heteroatoms. The Morgan fingerprint density at radius 2 is 1.74 bits per heavy atom. The van der Waals surface area contributed by atoms with E-state index in [0.717, 1.165) is 35.6 Å². The zero-order chi connectivity index (χ0) is 18.5. The first kappa shape index (κ1) is 16.6. The molecule has 3 fully saturated rings. The molecule has 2 aromatic rings. The van der Waals surface area contributed by atoms with Crippen LogP contribution in [0, 0.1) is 0 Å². The van der Waals surface area contributed by atoms with Gasteiger partial charge in [0.25, 0.3) is 11.8 Å². The van der Waals surface area contributed by atoms with Crippen molar-refractivity contribution in [3.8, 4) is 0 Å². The maximum absolute atomic E-state index is 12.8. The Balaban J connectivity index is 1.24. The maximum Gasteiger partial charge on any atom is 0.327 e. The molecule has 0 atom stereocenters. The highest BCUT2D eigenvalue weighted by Crippen LogP contribution is 2.32. The van der Waals surface area contributed by atoms with E-state index in [1.807, 2.05) is 11.0 Å². The minimum Gasteiger partial charge on any atom is -0.338 e. The molecule has 1 saturated carbocycles. The molecular formula is C18H19N5O3S. The highest BCUT2D eigenvalue weighted by Gasteiger charge is 2.47. The minimum absolute atomic E-state index is 0.0215. The molecule has 0 radical (unpaired) electrons. The van der Waals surface area contributed by atoms with E-state index in [2.05, 4.69) is 8.75 Å². The molecular weight excluding hydrogens is 366 g/mol. The van der Waals surface area contributed by atoms with Crippen LogP contribution in [0.3, 0.4) is 0 Å². The van der Waals surface area contributed by atoms with Crippen LogP contribution in [0.15, 0.2) is 18.2 Å². The first-order chi connectivity index (χ1) is 13.1. The summed E-state index contributed by atoms with van der Waals surface area (Å²) in [5.74, 6) is -0.0991. The van der Waals surface area contributed by atoms with Gasteiger partial charge in [0.2, 0.25) is 0 Å². The summed E-state index contributed by atoms with van der Waals surface area (Å²) < 4.78 is 8.35. The SMILES string of the molecule is O=C(c1ccc2nsnc2c1)N1CCC(N2CC(=O)N(C3CC3)C2=O)CC1. The first-order valence-electron chi connectivity index (χ1n) is 9.26. The predicted octanol–water partition coefficient (Wildman–Crippen LogP) is 1.72. The largest absolute Gasteiger partial charge is 0.338 e. The number of carbonyl (C=O) groups is 3. The van der Waals surface area contributed by atoms with Crippen molar-refractivity contribution in [1.82, 2.24) is 23.4 Å². The van der Waals surface area contributed by atoms with E-state index in [1.54, 1.807) is 17.0 Å². The van der Waals surface area contributed by atoms with Crippen molar-refractivity contribution in [2.24, 2.45) is 0 Å². The molecule has 27 heavy (non-hydrogen) atoms. The van der Waals surface area contributed by atoms with Crippen molar-refractivity contribution in [3.05, 3.63) is 23.8 Å².